The minimum Gasteiger partial charge on any atom is -0.465 e. The fraction of sp³-hybridized carbons (Fsp3) is 0.462. The number of carbonyl (C=O) groups excluding carboxylic acids is 1. The average Bonchev–Trinajstić information content (AvgIpc) is 2.96. The molecule has 0 aromatic heterocycles. The third-order valence-corrected chi connectivity index (χ3v) is 5.30. The standard InChI is InChI=1S/C13H17NO5S/c1-19-13(16)11-2-4-12(5-3-11)20(17,18)14-7-6-10(8-14)9-15/h2-5,10,15H,6-9H2,1H3. The lowest BCUT2D eigenvalue weighted by molar-refractivity contribution is 0.0600. The molecule has 2 rings (SSSR count). The van der Waals surface area contributed by atoms with E-state index in [0.29, 0.717) is 25.1 Å². The van der Waals surface area contributed by atoms with Gasteiger partial charge < -0.3 is 9.84 Å². The maximum absolute atomic E-state index is 12.4. The van der Waals surface area contributed by atoms with Crippen molar-refractivity contribution in [2.24, 2.45) is 5.92 Å². The summed E-state index contributed by atoms with van der Waals surface area (Å²) in [6, 6.07) is 5.65. The number of nitrogens with zero attached hydrogens (tertiary/aromatic N) is 1. The van der Waals surface area contributed by atoms with Crippen molar-refractivity contribution in [1.82, 2.24) is 4.31 Å². The smallest absolute Gasteiger partial charge is 0.337 e. The Hall–Kier alpha value is -1.44. The minimum atomic E-state index is -3.56. The Morgan fingerprint density at radius 2 is 2.05 bits per heavy atom. The van der Waals surface area contributed by atoms with Crippen molar-refractivity contribution in [2.45, 2.75) is 11.3 Å². The van der Waals surface area contributed by atoms with Gasteiger partial charge >= 0.3 is 5.97 Å². The molecule has 0 aliphatic carbocycles. The van der Waals surface area contributed by atoms with E-state index < -0.39 is 16.0 Å². The topological polar surface area (TPSA) is 83.9 Å². The largest absolute Gasteiger partial charge is 0.465 e. The van der Waals surface area contributed by atoms with E-state index in [2.05, 4.69) is 4.74 Å². The first kappa shape index (κ1) is 15.0. The van der Waals surface area contributed by atoms with Crippen LogP contribution in [0.4, 0.5) is 0 Å². The Morgan fingerprint density at radius 1 is 1.40 bits per heavy atom. The number of aliphatic hydroxyl groups is 1. The van der Waals surface area contributed by atoms with Crippen LogP contribution in [0.3, 0.4) is 0 Å². The Morgan fingerprint density at radius 3 is 2.55 bits per heavy atom. The van der Waals surface area contributed by atoms with Crippen molar-refractivity contribution in [3.63, 3.8) is 0 Å². The average molecular weight is 299 g/mol. The zero-order valence-electron chi connectivity index (χ0n) is 11.2. The van der Waals surface area contributed by atoms with Crippen LogP contribution in [-0.2, 0) is 14.8 Å². The first-order valence-electron chi connectivity index (χ1n) is 6.28. The second-order valence-electron chi connectivity index (χ2n) is 4.72. The summed E-state index contributed by atoms with van der Waals surface area (Å²) in [5.74, 6) is -0.505. The maximum atomic E-state index is 12.4. The van der Waals surface area contributed by atoms with Gasteiger partial charge in [0.1, 0.15) is 0 Å². The third kappa shape index (κ3) is 2.84. The quantitative estimate of drug-likeness (QED) is 0.817. The Balaban J connectivity index is 2.20. The van der Waals surface area contributed by atoms with Crippen LogP contribution in [0.25, 0.3) is 0 Å². The van der Waals surface area contributed by atoms with Gasteiger partial charge in [-0.1, -0.05) is 0 Å². The number of hydrogen-bond acceptors (Lipinski definition) is 5. The molecule has 0 spiro atoms. The van der Waals surface area contributed by atoms with Gasteiger partial charge in [-0.15, -0.1) is 0 Å². The van der Waals surface area contributed by atoms with Gasteiger partial charge in [0.05, 0.1) is 17.6 Å². The highest BCUT2D eigenvalue weighted by molar-refractivity contribution is 7.89. The summed E-state index contributed by atoms with van der Waals surface area (Å²) >= 11 is 0. The van der Waals surface area contributed by atoms with E-state index >= 15 is 0 Å². The van der Waals surface area contributed by atoms with Gasteiger partial charge in [0.25, 0.3) is 0 Å². The monoisotopic (exact) mass is 299 g/mol. The van der Waals surface area contributed by atoms with Crippen molar-refractivity contribution >= 4 is 16.0 Å². The van der Waals surface area contributed by atoms with Crippen molar-refractivity contribution in [3.05, 3.63) is 29.8 Å². The zero-order chi connectivity index (χ0) is 14.8. The molecule has 7 heteroatoms. The normalized spacial score (nSPS) is 20.0. The molecule has 20 heavy (non-hydrogen) atoms. The molecule has 1 heterocycles. The van der Waals surface area contributed by atoms with Crippen molar-refractivity contribution < 1.29 is 23.1 Å². The summed E-state index contributed by atoms with van der Waals surface area (Å²) in [6.07, 6.45) is 0.663. The van der Waals surface area contributed by atoms with Crippen LogP contribution in [0, 0.1) is 5.92 Å². The molecule has 1 aromatic rings. The molecule has 0 saturated carbocycles. The van der Waals surface area contributed by atoms with Gasteiger partial charge in [0, 0.05) is 19.7 Å². The van der Waals surface area contributed by atoms with E-state index in [9.17, 15) is 13.2 Å². The van der Waals surface area contributed by atoms with Crippen LogP contribution >= 0.6 is 0 Å². The summed E-state index contributed by atoms with van der Waals surface area (Å²) in [6.45, 7) is 0.733. The molecular formula is C13H17NO5S. The summed E-state index contributed by atoms with van der Waals surface area (Å²) in [7, 11) is -2.29. The van der Waals surface area contributed by atoms with E-state index in [1.807, 2.05) is 0 Å². The van der Waals surface area contributed by atoms with Crippen LogP contribution < -0.4 is 0 Å². The molecular weight excluding hydrogens is 282 g/mol. The lowest BCUT2D eigenvalue weighted by Gasteiger charge is -2.16. The number of benzene rings is 1. The molecule has 0 bridgehead atoms. The number of methoxy groups -OCH3 is 1. The zero-order valence-corrected chi connectivity index (χ0v) is 12.0. The molecule has 6 nitrogen and oxygen atoms in total. The second-order valence-corrected chi connectivity index (χ2v) is 6.65. The van der Waals surface area contributed by atoms with Gasteiger partial charge in [-0.05, 0) is 36.6 Å². The third-order valence-electron chi connectivity index (χ3n) is 3.42. The fourth-order valence-corrected chi connectivity index (χ4v) is 3.73. The number of sulfonamides is 1. The number of carbonyl (C=O) groups is 1. The van der Waals surface area contributed by atoms with Gasteiger partial charge in [0.2, 0.25) is 10.0 Å². The molecule has 1 aliphatic heterocycles. The minimum absolute atomic E-state index is 0.000817. The van der Waals surface area contributed by atoms with E-state index in [1.54, 1.807) is 0 Å². The van der Waals surface area contributed by atoms with Gasteiger partial charge in [-0.25, -0.2) is 13.2 Å². The Bertz CT molecular complexity index is 581. The second kappa shape index (κ2) is 5.90. The number of hydrogen-bond donors (Lipinski definition) is 1. The predicted molar refractivity (Wildman–Crippen MR) is 71.7 cm³/mol. The predicted octanol–water partition coefficient (Wildman–Crippen LogP) is 0.476. The van der Waals surface area contributed by atoms with Crippen molar-refractivity contribution in [3.8, 4) is 0 Å². The summed E-state index contributed by atoms with van der Waals surface area (Å²) in [4.78, 5) is 11.4. The molecule has 1 aromatic carbocycles. The molecule has 0 amide bonds. The van der Waals surface area contributed by atoms with Crippen molar-refractivity contribution in [1.29, 1.82) is 0 Å². The van der Waals surface area contributed by atoms with Crippen LogP contribution in [-0.4, -0.2) is 50.6 Å². The number of ether oxygens (including phenoxy) is 1. The fourth-order valence-electron chi connectivity index (χ4n) is 2.19. The van der Waals surface area contributed by atoms with Crippen molar-refractivity contribution in [2.75, 3.05) is 26.8 Å². The molecule has 1 aliphatic rings. The first-order chi connectivity index (χ1) is 9.48. The van der Waals surface area contributed by atoms with Crippen LogP contribution in [0.15, 0.2) is 29.2 Å². The molecule has 110 valence electrons. The number of esters is 1. The van der Waals surface area contributed by atoms with Gasteiger partial charge in [-0.3, -0.25) is 0 Å². The SMILES string of the molecule is COC(=O)c1ccc(S(=O)(=O)N2CCC(CO)C2)cc1. The number of aliphatic hydroxyl groups excluding tert-OH is 1. The first-order valence-corrected chi connectivity index (χ1v) is 7.72. The molecule has 1 N–H and O–H groups in total. The van der Waals surface area contributed by atoms with Crippen LogP contribution in [0.1, 0.15) is 16.8 Å². The maximum Gasteiger partial charge on any atom is 0.337 e. The summed E-state index contributed by atoms with van der Waals surface area (Å²) in [5.41, 5.74) is 0.307. The lowest BCUT2D eigenvalue weighted by Crippen LogP contribution is -2.29. The van der Waals surface area contributed by atoms with E-state index in [-0.39, 0.29) is 17.4 Å². The lowest BCUT2D eigenvalue weighted by atomic mass is 10.1. The molecule has 1 saturated heterocycles. The highest BCUT2D eigenvalue weighted by Gasteiger charge is 2.32. The summed E-state index contributed by atoms with van der Waals surface area (Å²) in [5, 5.41) is 9.07. The van der Waals surface area contributed by atoms with Gasteiger partial charge in [-0.2, -0.15) is 4.31 Å². The van der Waals surface area contributed by atoms with E-state index in [4.69, 9.17) is 5.11 Å². The molecule has 0 radical (unpaired) electrons. The molecule has 1 unspecified atom stereocenters. The molecule has 1 atom stereocenters. The number of rotatable bonds is 4. The van der Waals surface area contributed by atoms with Crippen LogP contribution in [0.5, 0.6) is 0 Å². The van der Waals surface area contributed by atoms with Gasteiger partial charge in [0.15, 0.2) is 0 Å². The van der Waals surface area contributed by atoms with Crippen LogP contribution in [0.2, 0.25) is 0 Å². The van der Waals surface area contributed by atoms with E-state index in [1.165, 1.54) is 35.7 Å². The highest BCUT2D eigenvalue weighted by Crippen LogP contribution is 2.24. The van der Waals surface area contributed by atoms with E-state index in [0.717, 1.165) is 0 Å². The highest BCUT2D eigenvalue weighted by atomic mass is 32.2. The molecule has 1 fully saturated rings. The Kier molecular flexibility index (Phi) is 4.42. The Labute approximate surface area is 118 Å². The summed E-state index contributed by atoms with van der Waals surface area (Å²) < 4.78 is 30.7.